The lowest BCUT2D eigenvalue weighted by Crippen LogP contribution is -2.02. The van der Waals surface area contributed by atoms with Gasteiger partial charge >= 0.3 is 0 Å². The summed E-state index contributed by atoms with van der Waals surface area (Å²) in [6, 6.07) is 6.87. The topological polar surface area (TPSA) is 34.1 Å². The summed E-state index contributed by atoms with van der Waals surface area (Å²) < 4.78 is 23.7. The fourth-order valence-corrected chi connectivity index (χ4v) is 2.73. The van der Waals surface area contributed by atoms with Crippen LogP contribution in [-0.2, 0) is 9.84 Å². The summed E-state index contributed by atoms with van der Waals surface area (Å²) in [7, 11) is -3.32. The van der Waals surface area contributed by atoms with Crippen LogP contribution in [0.1, 0.15) is 20.3 Å². The summed E-state index contributed by atoms with van der Waals surface area (Å²) in [4.78, 5) is 1.64. The Balaban J connectivity index is 0.000000621. The average Bonchev–Trinajstić information content (AvgIpc) is 2.46. The molecule has 2 nitrogen and oxygen atoms in total. The van der Waals surface area contributed by atoms with Crippen molar-refractivity contribution in [1.82, 2.24) is 0 Å². The molecule has 0 aliphatic rings. The van der Waals surface area contributed by atoms with E-state index in [0.29, 0.717) is 11.3 Å². The molecule has 0 heterocycles. The molecule has 4 heteroatoms. The van der Waals surface area contributed by atoms with Crippen molar-refractivity contribution >= 4 is 21.6 Å². The molecular formula is C16H22O2S2. The van der Waals surface area contributed by atoms with Gasteiger partial charge in [0.15, 0.2) is 0 Å². The standard InChI is InChI=1S/C11H14O2S2.C5H8/c1-4-9(2)15(12,13)11-7-5-10(14-3)6-8-11;1-4-5(2)3/h5-8H,2,4H2,1,3H3;4H,1-2H2,3H3. The van der Waals surface area contributed by atoms with Crippen LogP contribution in [0.2, 0.25) is 0 Å². The van der Waals surface area contributed by atoms with Gasteiger partial charge in [-0.15, -0.1) is 11.8 Å². The first-order valence-electron chi connectivity index (χ1n) is 6.14. The number of allylic oxidation sites excluding steroid dienone is 3. The molecule has 1 aromatic rings. The second-order valence-electron chi connectivity index (χ2n) is 4.12. The van der Waals surface area contributed by atoms with E-state index in [1.165, 1.54) is 0 Å². The Kier molecular flexibility index (Phi) is 8.26. The maximum absolute atomic E-state index is 11.9. The SMILES string of the molecule is C=C(CC)S(=O)(=O)c1ccc(SC)cc1.C=CC(=C)C. The van der Waals surface area contributed by atoms with Crippen LogP contribution in [0.15, 0.2) is 70.3 Å². The van der Waals surface area contributed by atoms with Gasteiger partial charge in [0.2, 0.25) is 9.84 Å². The van der Waals surface area contributed by atoms with Gasteiger partial charge < -0.3 is 0 Å². The molecule has 1 rings (SSSR count). The lowest BCUT2D eigenvalue weighted by molar-refractivity contribution is 0.601. The molecule has 20 heavy (non-hydrogen) atoms. The van der Waals surface area contributed by atoms with Gasteiger partial charge in [0.1, 0.15) is 0 Å². The van der Waals surface area contributed by atoms with E-state index in [-0.39, 0.29) is 4.91 Å². The fourth-order valence-electron chi connectivity index (χ4n) is 1.11. The number of benzene rings is 1. The Morgan fingerprint density at radius 1 is 1.25 bits per heavy atom. The monoisotopic (exact) mass is 310 g/mol. The van der Waals surface area contributed by atoms with Gasteiger partial charge in [-0.25, -0.2) is 8.42 Å². The molecule has 0 aliphatic carbocycles. The Bertz CT molecular complexity index is 567. The van der Waals surface area contributed by atoms with Gasteiger partial charge in [-0.2, -0.15) is 0 Å². The quantitative estimate of drug-likeness (QED) is 0.575. The van der Waals surface area contributed by atoms with Crippen LogP contribution in [0.5, 0.6) is 0 Å². The van der Waals surface area contributed by atoms with Gasteiger partial charge in [-0.3, -0.25) is 0 Å². The third-order valence-electron chi connectivity index (χ3n) is 2.49. The zero-order valence-corrected chi connectivity index (χ0v) is 14.0. The van der Waals surface area contributed by atoms with Crippen LogP contribution >= 0.6 is 11.8 Å². The maximum Gasteiger partial charge on any atom is 0.202 e. The summed E-state index contributed by atoms with van der Waals surface area (Å²) in [5, 5.41) is 0. The molecule has 110 valence electrons. The largest absolute Gasteiger partial charge is 0.219 e. The molecule has 0 unspecified atom stereocenters. The second-order valence-corrected chi connectivity index (χ2v) is 7.06. The number of sulfone groups is 1. The molecule has 1 aromatic carbocycles. The Labute approximate surface area is 127 Å². The Morgan fingerprint density at radius 2 is 1.70 bits per heavy atom. The van der Waals surface area contributed by atoms with Crippen molar-refractivity contribution in [2.45, 2.75) is 30.1 Å². The van der Waals surface area contributed by atoms with Crippen LogP contribution in [-0.4, -0.2) is 14.7 Å². The van der Waals surface area contributed by atoms with E-state index in [1.54, 1.807) is 49.0 Å². The molecule has 0 N–H and O–H groups in total. The van der Waals surface area contributed by atoms with E-state index in [2.05, 4.69) is 19.7 Å². The highest BCUT2D eigenvalue weighted by atomic mass is 32.2. The van der Waals surface area contributed by atoms with Gasteiger partial charge in [-0.05, 0) is 43.9 Å². The molecule has 0 bridgehead atoms. The summed E-state index contributed by atoms with van der Waals surface area (Å²) in [5.74, 6) is 0. The minimum Gasteiger partial charge on any atom is -0.219 e. The van der Waals surface area contributed by atoms with Crippen molar-refractivity contribution in [3.63, 3.8) is 0 Å². The van der Waals surface area contributed by atoms with Crippen molar-refractivity contribution in [3.05, 3.63) is 60.6 Å². The summed E-state index contributed by atoms with van der Waals surface area (Å²) >= 11 is 1.59. The smallest absolute Gasteiger partial charge is 0.202 e. The first kappa shape index (κ1) is 18.7. The Morgan fingerprint density at radius 3 is 2.00 bits per heavy atom. The third kappa shape index (κ3) is 5.80. The van der Waals surface area contributed by atoms with Gasteiger partial charge in [0.25, 0.3) is 0 Å². The predicted octanol–water partition coefficient (Wildman–Crippen LogP) is 4.85. The fraction of sp³-hybridized carbons (Fsp3) is 0.250. The molecule has 0 atom stereocenters. The zero-order chi connectivity index (χ0) is 15.8. The van der Waals surface area contributed by atoms with Gasteiger partial charge in [0, 0.05) is 9.80 Å². The van der Waals surface area contributed by atoms with E-state index in [1.807, 2.05) is 13.2 Å². The van der Waals surface area contributed by atoms with Crippen molar-refractivity contribution in [2.24, 2.45) is 0 Å². The zero-order valence-electron chi connectivity index (χ0n) is 12.3. The highest BCUT2D eigenvalue weighted by molar-refractivity contribution is 7.98. The second kappa shape index (κ2) is 8.82. The van der Waals surface area contributed by atoms with E-state index >= 15 is 0 Å². The van der Waals surface area contributed by atoms with Crippen molar-refractivity contribution in [1.29, 1.82) is 0 Å². The van der Waals surface area contributed by atoms with E-state index in [9.17, 15) is 8.42 Å². The normalized spacial score (nSPS) is 10.2. The third-order valence-corrected chi connectivity index (χ3v) is 5.18. The molecule has 0 spiro atoms. The summed E-state index contributed by atoms with van der Waals surface area (Å²) in [5.41, 5.74) is 1.02. The van der Waals surface area contributed by atoms with E-state index in [4.69, 9.17) is 0 Å². The molecule has 0 fully saturated rings. The number of hydrogen-bond acceptors (Lipinski definition) is 3. The molecule has 0 amide bonds. The van der Waals surface area contributed by atoms with Crippen LogP contribution in [0.4, 0.5) is 0 Å². The van der Waals surface area contributed by atoms with Crippen molar-refractivity contribution < 1.29 is 8.42 Å². The Hall–Kier alpha value is -1.26. The molecular weight excluding hydrogens is 288 g/mol. The maximum atomic E-state index is 11.9. The molecule has 0 radical (unpaired) electrons. The molecule has 0 saturated heterocycles. The van der Waals surface area contributed by atoms with Gasteiger partial charge in [0.05, 0.1) is 4.90 Å². The number of thioether (sulfide) groups is 1. The molecule has 0 aromatic heterocycles. The average molecular weight is 310 g/mol. The highest BCUT2D eigenvalue weighted by Gasteiger charge is 2.16. The van der Waals surface area contributed by atoms with Crippen LogP contribution in [0.3, 0.4) is 0 Å². The van der Waals surface area contributed by atoms with Crippen molar-refractivity contribution in [2.75, 3.05) is 6.26 Å². The number of hydrogen-bond donors (Lipinski definition) is 0. The minimum absolute atomic E-state index is 0.263. The molecule has 0 saturated carbocycles. The first-order valence-corrected chi connectivity index (χ1v) is 8.85. The molecule has 0 aliphatic heterocycles. The van der Waals surface area contributed by atoms with Crippen LogP contribution in [0.25, 0.3) is 0 Å². The summed E-state index contributed by atoms with van der Waals surface area (Å²) in [6.07, 6.45) is 4.13. The van der Waals surface area contributed by atoms with Crippen LogP contribution < -0.4 is 0 Å². The lowest BCUT2D eigenvalue weighted by atomic mass is 10.4. The van der Waals surface area contributed by atoms with E-state index < -0.39 is 9.84 Å². The predicted molar refractivity (Wildman–Crippen MR) is 89.9 cm³/mol. The first-order chi connectivity index (χ1) is 9.29. The number of rotatable bonds is 5. The lowest BCUT2D eigenvalue weighted by Gasteiger charge is -2.05. The van der Waals surface area contributed by atoms with Crippen LogP contribution in [0, 0.1) is 0 Å². The summed E-state index contributed by atoms with van der Waals surface area (Å²) in [6.45, 7) is 14.3. The minimum atomic E-state index is -3.32. The highest BCUT2D eigenvalue weighted by Crippen LogP contribution is 2.22. The van der Waals surface area contributed by atoms with Crippen molar-refractivity contribution in [3.8, 4) is 0 Å². The van der Waals surface area contributed by atoms with E-state index in [0.717, 1.165) is 10.5 Å². The van der Waals surface area contributed by atoms with Gasteiger partial charge in [-0.1, -0.05) is 38.3 Å².